The molecule has 0 unspecified atom stereocenters. The fraction of sp³-hybridized carbons (Fsp3) is 0.471. The number of nitrogens with two attached hydrogens (primary N) is 1. The van der Waals surface area contributed by atoms with Crippen LogP contribution in [0.2, 0.25) is 0 Å². The Balaban J connectivity index is 1.55. The Morgan fingerprint density at radius 2 is 1.96 bits per heavy atom. The van der Waals surface area contributed by atoms with Gasteiger partial charge in [-0.1, -0.05) is 11.3 Å². The zero-order valence-electron chi connectivity index (χ0n) is 14.8. The number of aliphatic hydroxyl groups excluding tert-OH is 1. The van der Waals surface area contributed by atoms with Crippen molar-refractivity contribution in [1.29, 1.82) is 0 Å². The third kappa shape index (κ3) is 3.76. The Kier molecular flexibility index (Phi) is 4.88. The highest BCUT2D eigenvalue weighted by molar-refractivity contribution is 7.20. The molecule has 0 spiro atoms. The number of pyridine rings is 1. The van der Waals surface area contributed by atoms with Gasteiger partial charge in [-0.05, 0) is 37.7 Å². The average molecular weight is 412 g/mol. The number of hydrogen-bond acceptors (Lipinski definition) is 7. The largest absolute Gasteiger partial charge is 0.419 e. The summed E-state index contributed by atoms with van der Waals surface area (Å²) in [7, 11) is 0. The van der Waals surface area contributed by atoms with E-state index in [9.17, 15) is 18.3 Å². The number of nitrogens with one attached hydrogen (secondary N) is 1. The van der Waals surface area contributed by atoms with Crippen molar-refractivity contribution in [2.24, 2.45) is 5.92 Å². The molecule has 1 aliphatic carbocycles. The zero-order chi connectivity index (χ0) is 19.9. The van der Waals surface area contributed by atoms with Gasteiger partial charge in [0.05, 0.1) is 23.6 Å². The molecule has 4 rings (SSSR count). The minimum Gasteiger partial charge on any atom is -0.393 e. The SMILES string of the molecule is Nc1ncc(-c2cnc3sc(NCC4CCC(O)CC4)nn23)cc1C(F)(F)F. The van der Waals surface area contributed by atoms with Crippen molar-refractivity contribution in [2.75, 3.05) is 17.6 Å². The predicted octanol–water partition coefficient (Wildman–Crippen LogP) is 3.42. The van der Waals surface area contributed by atoms with Crippen molar-refractivity contribution < 1.29 is 18.3 Å². The highest BCUT2D eigenvalue weighted by Gasteiger charge is 2.34. The number of hydrogen-bond donors (Lipinski definition) is 3. The highest BCUT2D eigenvalue weighted by Crippen LogP contribution is 2.35. The minimum absolute atomic E-state index is 0.197. The number of nitrogens with zero attached hydrogens (tertiary/aromatic N) is 4. The molecular weight excluding hydrogens is 393 g/mol. The summed E-state index contributed by atoms with van der Waals surface area (Å²) < 4.78 is 40.8. The van der Waals surface area contributed by atoms with E-state index >= 15 is 0 Å². The molecule has 0 radical (unpaired) electrons. The molecule has 4 N–H and O–H groups in total. The van der Waals surface area contributed by atoms with Crippen LogP contribution in [-0.4, -0.2) is 37.3 Å². The lowest BCUT2D eigenvalue weighted by Gasteiger charge is -2.25. The van der Waals surface area contributed by atoms with E-state index in [-0.39, 0.29) is 11.7 Å². The van der Waals surface area contributed by atoms with Crippen LogP contribution in [0.1, 0.15) is 31.2 Å². The van der Waals surface area contributed by atoms with Gasteiger partial charge >= 0.3 is 6.18 Å². The minimum atomic E-state index is -4.58. The van der Waals surface area contributed by atoms with Crippen LogP contribution in [0.25, 0.3) is 16.2 Å². The first-order valence-electron chi connectivity index (χ1n) is 8.91. The number of anilines is 2. The third-order valence-corrected chi connectivity index (χ3v) is 5.84. The van der Waals surface area contributed by atoms with Crippen molar-refractivity contribution in [2.45, 2.75) is 38.0 Å². The van der Waals surface area contributed by atoms with Gasteiger partial charge in [0, 0.05) is 18.3 Å². The summed E-state index contributed by atoms with van der Waals surface area (Å²) in [5.74, 6) is -0.0926. The molecule has 3 heterocycles. The number of imidazole rings is 1. The van der Waals surface area contributed by atoms with Gasteiger partial charge in [-0.15, -0.1) is 5.10 Å². The first-order valence-corrected chi connectivity index (χ1v) is 9.72. The Labute approximate surface area is 162 Å². The van der Waals surface area contributed by atoms with Crippen LogP contribution in [0.15, 0.2) is 18.5 Å². The van der Waals surface area contributed by atoms with Gasteiger partial charge in [0.1, 0.15) is 5.82 Å². The molecular formula is C17H19F3N6OS. The molecule has 0 saturated heterocycles. The lowest BCUT2D eigenvalue weighted by molar-refractivity contribution is -0.137. The molecule has 150 valence electrons. The van der Waals surface area contributed by atoms with Crippen molar-refractivity contribution in [3.8, 4) is 11.3 Å². The second-order valence-electron chi connectivity index (χ2n) is 6.96. The number of fused-ring (bicyclic) bond motifs is 1. The molecule has 3 aromatic heterocycles. The second-order valence-corrected chi connectivity index (χ2v) is 7.91. The van der Waals surface area contributed by atoms with E-state index < -0.39 is 17.6 Å². The van der Waals surface area contributed by atoms with E-state index in [1.165, 1.54) is 28.2 Å². The molecule has 1 aliphatic rings. The fourth-order valence-corrected chi connectivity index (χ4v) is 4.17. The Hall–Kier alpha value is -2.40. The summed E-state index contributed by atoms with van der Waals surface area (Å²) >= 11 is 1.33. The standard InChI is InChI=1S/C17H19F3N6OS/c18-17(19,20)12-5-10(7-22-14(12)21)13-8-24-16-26(13)25-15(28-16)23-6-9-1-3-11(27)4-2-9/h5,7-9,11,27H,1-4,6H2,(H2,21,22)(H,23,25). The van der Waals surface area contributed by atoms with Crippen LogP contribution in [-0.2, 0) is 6.18 Å². The van der Waals surface area contributed by atoms with Gasteiger partial charge in [-0.3, -0.25) is 0 Å². The van der Waals surface area contributed by atoms with Crippen LogP contribution in [0.3, 0.4) is 0 Å². The van der Waals surface area contributed by atoms with Gasteiger partial charge in [-0.2, -0.15) is 13.2 Å². The first kappa shape index (κ1) is 18.9. The number of nitrogen functional groups attached to an aromatic ring is 1. The van der Waals surface area contributed by atoms with Crippen LogP contribution in [0, 0.1) is 5.92 Å². The van der Waals surface area contributed by atoms with E-state index in [0.29, 0.717) is 21.7 Å². The molecule has 1 fully saturated rings. The maximum absolute atomic E-state index is 13.1. The molecule has 0 atom stereocenters. The Morgan fingerprint density at radius 3 is 2.68 bits per heavy atom. The molecule has 28 heavy (non-hydrogen) atoms. The van der Waals surface area contributed by atoms with E-state index in [0.717, 1.165) is 38.3 Å². The summed E-state index contributed by atoms with van der Waals surface area (Å²) in [6, 6.07) is 0.964. The normalized spacial score (nSPS) is 20.6. The summed E-state index contributed by atoms with van der Waals surface area (Å²) in [6.07, 6.45) is 1.51. The molecule has 3 aromatic rings. The Morgan fingerprint density at radius 1 is 1.21 bits per heavy atom. The fourth-order valence-electron chi connectivity index (χ4n) is 3.38. The lowest BCUT2D eigenvalue weighted by Crippen LogP contribution is -2.23. The van der Waals surface area contributed by atoms with Crippen molar-refractivity contribution in [1.82, 2.24) is 19.6 Å². The summed E-state index contributed by atoms with van der Waals surface area (Å²) in [6.45, 7) is 0.736. The smallest absolute Gasteiger partial charge is 0.393 e. The quantitative estimate of drug-likeness (QED) is 0.607. The summed E-state index contributed by atoms with van der Waals surface area (Å²) in [5.41, 5.74) is 5.05. The van der Waals surface area contributed by atoms with E-state index in [4.69, 9.17) is 5.73 Å². The van der Waals surface area contributed by atoms with Crippen molar-refractivity contribution >= 4 is 27.2 Å². The van der Waals surface area contributed by atoms with E-state index in [1.807, 2.05) is 0 Å². The monoisotopic (exact) mass is 412 g/mol. The van der Waals surface area contributed by atoms with Crippen molar-refractivity contribution in [3.05, 3.63) is 24.0 Å². The topological polar surface area (TPSA) is 101 Å². The number of halogens is 3. The van der Waals surface area contributed by atoms with Gasteiger partial charge in [-0.25, -0.2) is 14.5 Å². The van der Waals surface area contributed by atoms with Crippen LogP contribution < -0.4 is 11.1 Å². The summed E-state index contributed by atoms with van der Waals surface area (Å²) in [4.78, 5) is 8.49. The molecule has 1 saturated carbocycles. The first-order chi connectivity index (χ1) is 13.3. The number of aromatic nitrogens is 4. The Bertz CT molecular complexity index is 977. The molecule has 0 aromatic carbocycles. The van der Waals surface area contributed by atoms with Gasteiger partial charge < -0.3 is 16.2 Å². The molecule has 0 bridgehead atoms. The maximum Gasteiger partial charge on any atom is 0.419 e. The molecule has 11 heteroatoms. The van der Waals surface area contributed by atoms with Gasteiger partial charge in [0.2, 0.25) is 10.1 Å². The lowest BCUT2D eigenvalue weighted by atomic mass is 9.87. The van der Waals surface area contributed by atoms with Crippen LogP contribution in [0.4, 0.5) is 24.1 Å². The highest BCUT2D eigenvalue weighted by atomic mass is 32.1. The second kappa shape index (κ2) is 7.21. The van der Waals surface area contributed by atoms with Crippen LogP contribution >= 0.6 is 11.3 Å². The van der Waals surface area contributed by atoms with Gasteiger partial charge in [0.15, 0.2) is 0 Å². The number of alkyl halides is 3. The van der Waals surface area contributed by atoms with E-state index in [1.54, 1.807) is 0 Å². The number of aliphatic hydroxyl groups is 1. The van der Waals surface area contributed by atoms with Gasteiger partial charge in [0.25, 0.3) is 0 Å². The molecule has 0 aliphatic heterocycles. The molecule has 7 nitrogen and oxygen atoms in total. The molecule has 0 amide bonds. The van der Waals surface area contributed by atoms with E-state index in [2.05, 4.69) is 20.4 Å². The average Bonchev–Trinajstić information content (AvgIpc) is 3.21. The predicted molar refractivity (Wildman–Crippen MR) is 100.0 cm³/mol. The van der Waals surface area contributed by atoms with Crippen molar-refractivity contribution in [3.63, 3.8) is 0 Å². The number of rotatable bonds is 4. The summed E-state index contributed by atoms with van der Waals surface area (Å²) in [5, 5.41) is 17.9. The third-order valence-electron chi connectivity index (χ3n) is 4.96. The maximum atomic E-state index is 13.1. The van der Waals surface area contributed by atoms with Crippen LogP contribution in [0.5, 0.6) is 0 Å². The zero-order valence-corrected chi connectivity index (χ0v) is 15.6.